The number of hydrogen-bond donors (Lipinski definition) is 3. The second-order valence-electron chi connectivity index (χ2n) is 7.24. The monoisotopic (exact) mass is 377 g/mol. The van der Waals surface area contributed by atoms with Crippen LogP contribution in [0.5, 0.6) is 0 Å². The Kier molecular flexibility index (Phi) is 5.23. The number of rotatable bonds is 4. The summed E-state index contributed by atoms with van der Waals surface area (Å²) >= 11 is 0. The number of likely N-dealkylation sites (tertiary alicyclic amines) is 1. The highest BCUT2D eigenvalue weighted by Gasteiger charge is 2.26. The molecule has 1 saturated heterocycles. The summed E-state index contributed by atoms with van der Waals surface area (Å²) in [6.07, 6.45) is 3.15. The standard InChI is InChI=1S/C22H23N3O3/c26-17-9-11-25(12-10-17)14-15-5-7-16(8-6-15)23-13-20-18-3-1-2-4-19(18)21(27)24-22(20)28/h1-8,13,17,23,26H,9-12,14H2,(H,24,27,28). The van der Waals surface area contributed by atoms with Crippen molar-refractivity contribution in [3.05, 3.63) is 71.4 Å². The van der Waals surface area contributed by atoms with Gasteiger partial charge in [-0.2, -0.15) is 0 Å². The number of aliphatic hydroxyl groups excluding tert-OH is 1. The maximum absolute atomic E-state index is 12.2. The van der Waals surface area contributed by atoms with Crippen molar-refractivity contribution in [2.24, 2.45) is 0 Å². The first-order chi connectivity index (χ1) is 13.6. The summed E-state index contributed by atoms with van der Waals surface area (Å²) < 4.78 is 0. The van der Waals surface area contributed by atoms with E-state index in [2.05, 4.69) is 27.7 Å². The lowest BCUT2D eigenvalue weighted by molar-refractivity contribution is -0.114. The zero-order valence-corrected chi connectivity index (χ0v) is 15.5. The predicted octanol–water partition coefficient (Wildman–Crippen LogP) is 2.37. The number of aliphatic hydroxyl groups is 1. The molecule has 0 bridgehead atoms. The number of carbonyl (C=O) groups excluding carboxylic acids is 2. The third-order valence-electron chi connectivity index (χ3n) is 5.23. The molecule has 0 spiro atoms. The van der Waals surface area contributed by atoms with E-state index >= 15 is 0 Å². The van der Waals surface area contributed by atoms with Gasteiger partial charge in [-0.05, 0) is 36.6 Å². The van der Waals surface area contributed by atoms with Gasteiger partial charge in [-0.1, -0.05) is 30.3 Å². The van der Waals surface area contributed by atoms with Gasteiger partial charge >= 0.3 is 0 Å². The highest BCUT2D eigenvalue weighted by atomic mass is 16.3. The van der Waals surface area contributed by atoms with E-state index in [-0.39, 0.29) is 12.0 Å². The minimum Gasteiger partial charge on any atom is -0.393 e. The molecule has 2 heterocycles. The van der Waals surface area contributed by atoms with Crippen molar-refractivity contribution in [3.8, 4) is 0 Å². The van der Waals surface area contributed by atoms with Crippen LogP contribution >= 0.6 is 0 Å². The van der Waals surface area contributed by atoms with Gasteiger partial charge in [0.15, 0.2) is 0 Å². The fourth-order valence-electron chi connectivity index (χ4n) is 3.62. The molecule has 1 fully saturated rings. The van der Waals surface area contributed by atoms with Crippen LogP contribution in [0.4, 0.5) is 5.69 Å². The lowest BCUT2D eigenvalue weighted by Crippen LogP contribution is -2.36. The zero-order valence-electron chi connectivity index (χ0n) is 15.5. The first-order valence-corrected chi connectivity index (χ1v) is 9.51. The van der Waals surface area contributed by atoms with E-state index in [0.717, 1.165) is 38.2 Å². The normalized spacial score (nSPS) is 19.4. The lowest BCUT2D eigenvalue weighted by atomic mass is 9.96. The molecule has 0 aromatic heterocycles. The summed E-state index contributed by atoms with van der Waals surface area (Å²) in [6, 6.07) is 15.1. The molecule has 2 aromatic carbocycles. The average Bonchev–Trinajstić information content (AvgIpc) is 2.71. The molecule has 0 saturated carbocycles. The Bertz CT molecular complexity index is 913. The van der Waals surface area contributed by atoms with Gasteiger partial charge in [0.05, 0.1) is 11.7 Å². The predicted molar refractivity (Wildman–Crippen MR) is 107 cm³/mol. The molecule has 0 radical (unpaired) electrons. The number of piperidine rings is 1. The van der Waals surface area contributed by atoms with Crippen LogP contribution in [-0.2, 0) is 11.3 Å². The molecule has 3 N–H and O–H groups in total. The third kappa shape index (κ3) is 3.98. The van der Waals surface area contributed by atoms with Crippen LogP contribution in [0.15, 0.2) is 54.7 Å². The quantitative estimate of drug-likeness (QED) is 0.563. The highest BCUT2D eigenvalue weighted by molar-refractivity contribution is 6.31. The molecule has 0 unspecified atom stereocenters. The van der Waals surface area contributed by atoms with Gasteiger partial charge in [0, 0.05) is 42.6 Å². The third-order valence-corrected chi connectivity index (χ3v) is 5.23. The lowest BCUT2D eigenvalue weighted by Gasteiger charge is -2.29. The van der Waals surface area contributed by atoms with Crippen molar-refractivity contribution in [3.63, 3.8) is 0 Å². The number of hydrogen-bond acceptors (Lipinski definition) is 5. The molecule has 144 valence electrons. The molecule has 0 aliphatic carbocycles. The number of fused-ring (bicyclic) bond motifs is 1. The molecule has 2 amide bonds. The molecular formula is C22H23N3O3. The van der Waals surface area contributed by atoms with Crippen LogP contribution in [0.1, 0.15) is 34.3 Å². The van der Waals surface area contributed by atoms with Crippen molar-refractivity contribution in [1.82, 2.24) is 10.2 Å². The van der Waals surface area contributed by atoms with E-state index < -0.39 is 5.91 Å². The topological polar surface area (TPSA) is 81.7 Å². The second kappa shape index (κ2) is 7.96. The smallest absolute Gasteiger partial charge is 0.260 e. The molecule has 28 heavy (non-hydrogen) atoms. The Morgan fingerprint density at radius 1 is 1.00 bits per heavy atom. The van der Waals surface area contributed by atoms with E-state index in [1.807, 2.05) is 18.2 Å². The van der Waals surface area contributed by atoms with E-state index in [9.17, 15) is 14.7 Å². The fourth-order valence-corrected chi connectivity index (χ4v) is 3.62. The Labute approximate surface area is 163 Å². The van der Waals surface area contributed by atoms with Crippen LogP contribution in [0.2, 0.25) is 0 Å². The molecule has 2 aromatic rings. The Hall–Kier alpha value is -2.96. The molecule has 6 nitrogen and oxygen atoms in total. The van der Waals surface area contributed by atoms with Crippen LogP contribution < -0.4 is 10.6 Å². The number of amides is 2. The van der Waals surface area contributed by atoms with Crippen molar-refractivity contribution in [1.29, 1.82) is 0 Å². The first kappa shape index (κ1) is 18.4. The summed E-state index contributed by atoms with van der Waals surface area (Å²) in [7, 11) is 0. The van der Waals surface area contributed by atoms with Gasteiger partial charge in [0.25, 0.3) is 11.8 Å². The minimum atomic E-state index is -0.403. The molecule has 2 aliphatic rings. The van der Waals surface area contributed by atoms with Crippen molar-refractivity contribution < 1.29 is 14.7 Å². The summed E-state index contributed by atoms with van der Waals surface area (Å²) in [6.45, 7) is 2.70. The molecule has 2 aliphatic heterocycles. The molecule has 4 rings (SSSR count). The molecule has 0 atom stereocenters. The van der Waals surface area contributed by atoms with Gasteiger partial charge in [-0.15, -0.1) is 0 Å². The Morgan fingerprint density at radius 3 is 2.39 bits per heavy atom. The van der Waals surface area contributed by atoms with Crippen LogP contribution in [0.25, 0.3) is 5.57 Å². The van der Waals surface area contributed by atoms with E-state index in [1.54, 1.807) is 24.4 Å². The summed E-state index contributed by atoms with van der Waals surface area (Å²) in [5, 5.41) is 15.1. The molecule has 6 heteroatoms. The van der Waals surface area contributed by atoms with Gasteiger partial charge < -0.3 is 10.4 Å². The van der Waals surface area contributed by atoms with Crippen LogP contribution in [-0.4, -0.2) is 41.0 Å². The zero-order chi connectivity index (χ0) is 19.5. The van der Waals surface area contributed by atoms with Gasteiger partial charge in [0.1, 0.15) is 0 Å². The highest BCUT2D eigenvalue weighted by Crippen LogP contribution is 2.24. The second-order valence-corrected chi connectivity index (χ2v) is 7.24. The minimum absolute atomic E-state index is 0.159. The maximum atomic E-state index is 12.2. The van der Waals surface area contributed by atoms with E-state index in [0.29, 0.717) is 16.7 Å². The molecular weight excluding hydrogens is 354 g/mol. The number of benzene rings is 2. The van der Waals surface area contributed by atoms with Gasteiger partial charge in [0.2, 0.25) is 0 Å². The number of anilines is 1. The summed E-state index contributed by atoms with van der Waals surface area (Å²) in [4.78, 5) is 26.5. The van der Waals surface area contributed by atoms with E-state index in [1.165, 1.54) is 5.56 Å². The number of carbonyl (C=O) groups is 2. The average molecular weight is 377 g/mol. The SMILES string of the molecule is O=C1NC(=O)c2ccccc2C1=CNc1ccc(CN2CCC(O)CC2)cc1. The van der Waals surface area contributed by atoms with Crippen LogP contribution in [0, 0.1) is 0 Å². The van der Waals surface area contributed by atoms with Gasteiger partial charge in [-0.25, -0.2) is 0 Å². The van der Waals surface area contributed by atoms with Crippen molar-refractivity contribution in [2.75, 3.05) is 18.4 Å². The van der Waals surface area contributed by atoms with Crippen molar-refractivity contribution >= 4 is 23.1 Å². The maximum Gasteiger partial charge on any atom is 0.260 e. The summed E-state index contributed by atoms with van der Waals surface area (Å²) in [5.74, 6) is -0.771. The van der Waals surface area contributed by atoms with Gasteiger partial charge in [-0.3, -0.25) is 19.8 Å². The Balaban J connectivity index is 1.44. The number of nitrogens with one attached hydrogen (secondary N) is 2. The number of nitrogens with zero attached hydrogens (tertiary/aromatic N) is 1. The van der Waals surface area contributed by atoms with Crippen LogP contribution in [0.3, 0.4) is 0 Å². The summed E-state index contributed by atoms with van der Waals surface area (Å²) in [5.41, 5.74) is 3.64. The van der Waals surface area contributed by atoms with Crippen molar-refractivity contribution in [2.45, 2.75) is 25.5 Å². The van der Waals surface area contributed by atoms with E-state index in [4.69, 9.17) is 0 Å². The first-order valence-electron chi connectivity index (χ1n) is 9.51. The largest absolute Gasteiger partial charge is 0.393 e. The number of imide groups is 1. The fraction of sp³-hybridized carbons (Fsp3) is 0.273. The Morgan fingerprint density at radius 2 is 1.68 bits per heavy atom.